The summed E-state index contributed by atoms with van der Waals surface area (Å²) in [7, 11) is -1.29. The molecule has 146 valence electrons. The van der Waals surface area contributed by atoms with E-state index in [0.717, 1.165) is 31.0 Å². The number of halogens is 1. The molecular formula is C20H31ClN2O2S. The number of likely N-dealkylation sites (N-methyl/N-ethyl adjacent to an activating group) is 1. The highest BCUT2D eigenvalue weighted by atomic mass is 35.5. The average molecular weight is 399 g/mol. The van der Waals surface area contributed by atoms with Crippen LogP contribution in [-0.2, 0) is 15.9 Å². The van der Waals surface area contributed by atoms with Crippen LogP contribution in [0, 0.1) is 11.8 Å². The molecule has 0 aromatic heterocycles. The lowest BCUT2D eigenvalue weighted by atomic mass is 9.80. The molecule has 0 atom stereocenters. The topological polar surface area (TPSA) is 49.4 Å². The van der Waals surface area contributed by atoms with Gasteiger partial charge in [-0.2, -0.15) is 0 Å². The highest BCUT2D eigenvalue weighted by Crippen LogP contribution is 2.31. The van der Waals surface area contributed by atoms with Gasteiger partial charge in [-0.25, -0.2) is 13.1 Å². The molecular weight excluding hydrogens is 368 g/mol. The van der Waals surface area contributed by atoms with Crippen molar-refractivity contribution in [1.29, 1.82) is 0 Å². The molecule has 0 saturated heterocycles. The van der Waals surface area contributed by atoms with Crippen molar-refractivity contribution >= 4 is 21.6 Å². The lowest BCUT2D eigenvalue weighted by molar-refractivity contribution is 0.208. The second kappa shape index (κ2) is 10.5. The maximum Gasteiger partial charge on any atom is 0.240 e. The summed E-state index contributed by atoms with van der Waals surface area (Å²) in [6.07, 6.45) is 7.71. The fourth-order valence-corrected chi connectivity index (χ4v) is 4.90. The normalized spacial score (nSPS) is 21.0. The summed E-state index contributed by atoms with van der Waals surface area (Å²) in [6.45, 7) is 6.36. The number of hydrogen-bond donors (Lipinski definition) is 1. The summed E-state index contributed by atoms with van der Waals surface area (Å²) in [5.41, 5.74) is 0.918. The van der Waals surface area contributed by atoms with Crippen molar-refractivity contribution in [2.45, 2.75) is 42.9 Å². The van der Waals surface area contributed by atoms with Gasteiger partial charge in [-0.05, 0) is 55.8 Å². The van der Waals surface area contributed by atoms with Gasteiger partial charge < -0.3 is 4.90 Å². The molecule has 0 unspecified atom stereocenters. The quantitative estimate of drug-likeness (QED) is 0.478. The molecule has 0 heterocycles. The molecule has 1 fully saturated rings. The fraction of sp³-hybridized carbons (Fsp3) is 0.600. The van der Waals surface area contributed by atoms with Gasteiger partial charge in [0.15, 0.2) is 0 Å². The van der Waals surface area contributed by atoms with Crippen LogP contribution >= 0.6 is 11.6 Å². The summed E-state index contributed by atoms with van der Waals surface area (Å²) in [6, 6.07) is 6.74. The maximum absolute atomic E-state index is 12.4. The third-order valence-corrected chi connectivity index (χ3v) is 7.00. The van der Waals surface area contributed by atoms with Crippen LogP contribution in [0.2, 0.25) is 0 Å². The van der Waals surface area contributed by atoms with E-state index in [-0.39, 0.29) is 0 Å². The number of nitrogens with zero attached hydrogens (tertiary/aromatic N) is 1. The van der Waals surface area contributed by atoms with Crippen molar-refractivity contribution in [3.8, 4) is 0 Å². The van der Waals surface area contributed by atoms with Crippen LogP contribution in [0.15, 0.2) is 41.8 Å². The molecule has 1 aromatic rings. The van der Waals surface area contributed by atoms with Gasteiger partial charge in [-0.15, -0.1) is 18.2 Å². The molecule has 1 aliphatic rings. The van der Waals surface area contributed by atoms with E-state index >= 15 is 0 Å². The van der Waals surface area contributed by atoms with E-state index < -0.39 is 10.0 Å². The van der Waals surface area contributed by atoms with Gasteiger partial charge in [0.05, 0.1) is 4.90 Å². The molecule has 2 rings (SSSR count). The Balaban J connectivity index is 1.72. The van der Waals surface area contributed by atoms with Crippen molar-refractivity contribution in [3.05, 3.63) is 42.5 Å². The Morgan fingerprint density at radius 1 is 1.19 bits per heavy atom. The van der Waals surface area contributed by atoms with Gasteiger partial charge in [0, 0.05) is 25.5 Å². The largest absolute Gasteiger partial charge is 0.302 e. The summed E-state index contributed by atoms with van der Waals surface area (Å²) < 4.78 is 27.4. The Bertz CT molecular complexity index is 653. The Kier molecular flexibility index (Phi) is 8.61. The van der Waals surface area contributed by atoms with Crippen LogP contribution in [-0.4, -0.2) is 40.0 Å². The van der Waals surface area contributed by atoms with Gasteiger partial charge in [-0.3, -0.25) is 0 Å². The maximum atomic E-state index is 12.4. The van der Waals surface area contributed by atoms with E-state index in [1.807, 2.05) is 6.08 Å². The minimum absolute atomic E-state index is 0.306. The Morgan fingerprint density at radius 2 is 1.81 bits per heavy atom. The van der Waals surface area contributed by atoms with Crippen LogP contribution < -0.4 is 4.72 Å². The molecule has 1 saturated carbocycles. The first-order chi connectivity index (χ1) is 12.4. The molecule has 1 N–H and O–H groups in total. The van der Waals surface area contributed by atoms with E-state index in [1.165, 1.54) is 25.7 Å². The molecule has 6 heteroatoms. The summed E-state index contributed by atoms with van der Waals surface area (Å²) in [5.74, 6) is 1.77. The van der Waals surface area contributed by atoms with E-state index in [4.69, 9.17) is 11.6 Å². The smallest absolute Gasteiger partial charge is 0.240 e. The Morgan fingerprint density at radius 3 is 2.38 bits per heavy atom. The summed E-state index contributed by atoms with van der Waals surface area (Å²) >= 11 is 5.74. The lowest BCUT2D eigenvalue weighted by Gasteiger charge is -2.31. The van der Waals surface area contributed by atoms with Gasteiger partial charge >= 0.3 is 0 Å². The molecule has 0 bridgehead atoms. The van der Waals surface area contributed by atoms with Crippen molar-refractivity contribution < 1.29 is 8.42 Å². The zero-order chi connectivity index (χ0) is 19.0. The van der Waals surface area contributed by atoms with Crippen LogP contribution in [0.25, 0.3) is 0 Å². The number of alkyl halides is 1. The first kappa shape index (κ1) is 21.4. The number of sulfonamides is 1. The van der Waals surface area contributed by atoms with Gasteiger partial charge in [0.2, 0.25) is 10.0 Å². The molecule has 0 spiro atoms. The number of benzene rings is 1. The number of nitrogens with one attached hydrogen (secondary N) is 1. The molecule has 0 radical (unpaired) electrons. The van der Waals surface area contributed by atoms with Crippen LogP contribution in [0.3, 0.4) is 0 Å². The first-order valence-corrected chi connectivity index (χ1v) is 11.4. The second-order valence-corrected chi connectivity index (χ2v) is 9.39. The third-order valence-electron chi connectivity index (χ3n) is 5.21. The predicted molar refractivity (Wildman–Crippen MR) is 109 cm³/mol. The SMILES string of the molecule is C=CCN(C)CC1CCC(CCNS(=O)(=O)c2ccc(CCl)cc2)CC1. The first-order valence-electron chi connectivity index (χ1n) is 9.38. The molecule has 1 aliphatic carbocycles. The van der Waals surface area contributed by atoms with Gasteiger partial charge in [0.25, 0.3) is 0 Å². The Hall–Kier alpha value is -0.880. The summed E-state index contributed by atoms with van der Waals surface area (Å²) in [5, 5.41) is 0. The standard InChI is InChI=1S/C20H31ClN2O2S/c1-3-14-23(2)16-19-6-4-17(5-7-19)12-13-22-26(24,25)20-10-8-18(15-21)9-11-20/h3,8-11,17,19,22H,1,4-7,12-16H2,2H3. The van der Waals surface area contributed by atoms with Gasteiger partial charge in [-0.1, -0.05) is 31.1 Å². The number of hydrogen-bond acceptors (Lipinski definition) is 3. The minimum atomic E-state index is -3.43. The highest BCUT2D eigenvalue weighted by Gasteiger charge is 2.22. The van der Waals surface area contributed by atoms with Crippen LogP contribution in [0.1, 0.15) is 37.7 Å². The monoisotopic (exact) mass is 398 g/mol. The predicted octanol–water partition coefficient (Wildman–Crippen LogP) is 4.02. The third kappa shape index (κ3) is 6.69. The zero-order valence-corrected chi connectivity index (χ0v) is 17.2. The molecule has 0 amide bonds. The van der Waals surface area contributed by atoms with E-state index in [9.17, 15) is 8.42 Å². The van der Waals surface area contributed by atoms with Crippen molar-refractivity contribution in [1.82, 2.24) is 9.62 Å². The number of rotatable bonds is 10. The minimum Gasteiger partial charge on any atom is -0.302 e. The van der Waals surface area contributed by atoms with Crippen molar-refractivity contribution in [2.24, 2.45) is 11.8 Å². The van der Waals surface area contributed by atoms with Crippen molar-refractivity contribution in [3.63, 3.8) is 0 Å². The van der Waals surface area contributed by atoms with E-state index in [0.29, 0.717) is 23.2 Å². The lowest BCUT2D eigenvalue weighted by Crippen LogP contribution is -2.30. The fourth-order valence-electron chi connectivity index (χ4n) is 3.68. The molecule has 1 aromatic carbocycles. The van der Waals surface area contributed by atoms with E-state index in [1.54, 1.807) is 24.3 Å². The highest BCUT2D eigenvalue weighted by molar-refractivity contribution is 7.89. The average Bonchev–Trinajstić information content (AvgIpc) is 2.63. The molecule has 26 heavy (non-hydrogen) atoms. The van der Waals surface area contributed by atoms with Crippen LogP contribution in [0.4, 0.5) is 0 Å². The zero-order valence-electron chi connectivity index (χ0n) is 15.7. The van der Waals surface area contributed by atoms with Crippen LogP contribution in [0.5, 0.6) is 0 Å². The molecule has 4 nitrogen and oxygen atoms in total. The van der Waals surface area contributed by atoms with Crippen molar-refractivity contribution in [2.75, 3.05) is 26.7 Å². The Labute approximate surface area is 163 Å². The molecule has 0 aliphatic heterocycles. The van der Waals surface area contributed by atoms with E-state index in [2.05, 4.69) is 23.2 Å². The van der Waals surface area contributed by atoms with Gasteiger partial charge in [0.1, 0.15) is 0 Å². The second-order valence-electron chi connectivity index (χ2n) is 7.36. The summed E-state index contributed by atoms with van der Waals surface area (Å²) in [4.78, 5) is 2.63.